The highest BCUT2D eigenvalue weighted by Crippen LogP contribution is 2.36. The van der Waals surface area contributed by atoms with Gasteiger partial charge in [-0.1, -0.05) is 31.2 Å². The molecule has 1 atom stereocenters. The lowest BCUT2D eigenvalue weighted by Crippen LogP contribution is -2.37. The highest BCUT2D eigenvalue weighted by Gasteiger charge is 2.31. The van der Waals surface area contributed by atoms with E-state index in [9.17, 15) is 0 Å². The molecule has 17 heavy (non-hydrogen) atoms. The van der Waals surface area contributed by atoms with Gasteiger partial charge in [-0.25, -0.2) is 0 Å². The molecule has 2 aliphatic heterocycles. The van der Waals surface area contributed by atoms with Gasteiger partial charge >= 0.3 is 0 Å². The van der Waals surface area contributed by atoms with Crippen LogP contribution >= 0.6 is 0 Å². The molecular formula is C15H22N2. The van der Waals surface area contributed by atoms with Gasteiger partial charge in [0.1, 0.15) is 0 Å². The summed E-state index contributed by atoms with van der Waals surface area (Å²) in [6.45, 7) is 7.10. The minimum atomic E-state index is 0.616. The van der Waals surface area contributed by atoms with E-state index in [-0.39, 0.29) is 0 Å². The van der Waals surface area contributed by atoms with Crippen molar-refractivity contribution in [2.24, 2.45) is 5.92 Å². The van der Waals surface area contributed by atoms with Gasteiger partial charge in [-0.05, 0) is 49.5 Å². The van der Waals surface area contributed by atoms with E-state index in [2.05, 4.69) is 41.4 Å². The topological polar surface area (TPSA) is 15.3 Å². The average Bonchev–Trinajstić information content (AvgIpc) is 2.83. The van der Waals surface area contributed by atoms with Crippen LogP contribution in [-0.2, 0) is 6.54 Å². The van der Waals surface area contributed by atoms with Crippen LogP contribution in [0.2, 0.25) is 0 Å². The Morgan fingerprint density at radius 3 is 2.76 bits per heavy atom. The van der Waals surface area contributed by atoms with Crippen LogP contribution in [-0.4, -0.2) is 24.5 Å². The molecule has 0 spiro atoms. The van der Waals surface area contributed by atoms with Gasteiger partial charge < -0.3 is 10.2 Å². The summed E-state index contributed by atoms with van der Waals surface area (Å²) in [5, 5.41) is 3.71. The van der Waals surface area contributed by atoms with E-state index < -0.39 is 0 Å². The van der Waals surface area contributed by atoms with E-state index in [1.165, 1.54) is 38.0 Å². The molecule has 2 aliphatic rings. The second-order valence-corrected chi connectivity index (χ2v) is 5.33. The number of benzene rings is 1. The zero-order chi connectivity index (χ0) is 11.7. The van der Waals surface area contributed by atoms with Crippen LogP contribution in [0, 0.1) is 5.92 Å². The minimum absolute atomic E-state index is 0.616. The summed E-state index contributed by atoms with van der Waals surface area (Å²) in [5.41, 5.74) is 3.07. The Bertz CT molecular complexity index is 380. The Morgan fingerprint density at radius 2 is 2.00 bits per heavy atom. The van der Waals surface area contributed by atoms with E-state index >= 15 is 0 Å². The third-order valence-electron chi connectivity index (χ3n) is 4.45. The van der Waals surface area contributed by atoms with Crippen LogP contribution in [0.25, 0.3) is 0 Å². The third-order valence-corrected chi connectivity index (χ3v) is 4.45. The second-order valence-electron chi connectivity index (χ2n) is 5.33. The van der Waals surface area contributed by atoms with Crippen LogP contribution in [0.15, 0.2) is 24.3 Å². The van der Waals surface area contributed by atoms with Crippen molar-refractivity contribution in [1.29, 1.82) is 0 Å². The summed E-state index contributed by atoms with van der Waals surface area (Å²) in [4.78, 5) is 2.57. The zero-order valence-electron chi connectivity index (χ0n) is 10.7. The minimum Gasteiger partial charge on any atom is -0.306 e. The monoisotopic (exact) mass is 230 g/mol. The normalized spacial score (nSPS) is 26.1. The van der Waals surface area contributed by atoms with E-state index in [1.54, 1.807) is 5.56 Å². The molecule has 0 radical (unpaired) electrons. The summed E-state index contributed by atoms with van der Waals surface area (Å²) in [7, 11) is 0. The second kappa shape index (κ2) is 4.79. The van der Waals surface area contributed by atoms with Gasteiger partial charge in [-0.2, -0.15) is 0 Å². The predicted octanol–water partition coefficient (Wildman–Crippen LogP) is 2.56. The zero-order valence-corrected chi connectivity index (χ0v) is 10.7. The molecule has 1 fully saturated rings. The van der Waals surface area contributed by atoms with E-state index in [1.807, 2.05) is 0 Å². The fraction of sp³-hybridized carbons (Fsp3) is 0.600. The van der Waals surface area contributed by atoms with Crippen LogP contribution in [0.3, 0.4) is 0 Å². The van der Waals surface area contributed by atoms with Gasteiger partial charge in [0.2, 0.25) is 0 Å². The number of piperidine rings is 1. The van der Waals surface area contributed by atoms with Crippen LogP contribution in [0.1, 0.15) is 36.9 Å². The largest absolute Gasteiger partial charge is 0.306 e. The number of nitrogens with zero attached hydrogens (tertiary/aromatic N) is 1. The lowest BCUT2D eigenvalue weighted by atomic mass is 9.86. The third kappa shape index (κ3) is 2.12. The fourth-order valence-corrected chi connectivity index (χ4v) is 3.35. The molecule has 0 saturated carbocycles. The first-order valence-electron chi connectivity index (χ1n) is 6.92. The molecule has 92 valence electrons. The van der Waals surface area contributed by atoms with E-state index in [0.717, 1.165) is 12.5 Å². The molecule has 2 heterocycles. The number of rotatable bonds is 2. The molecule has 0 aromatic heterocycles. The van der Waals surface area contributed by atoms with Crippen LogP contribution in [0.5, 0.6) is 0 Å². The first-order chi connectivity index (χ1) is 8.38. The Morgan fingerprint density at radius 1 is 1.24 bits per heavy atom. The molecule has 2 nitrogen and oxygen atoms in total. The van der Waals surface area contributed by atoms with Crippen molar-refractivity contribution in [3.05, 3.63) is 35.4 Å². The Labute approximate surface area is 104 Å². The van der Waals surface area contributed by atoms with Crippen molar-refractivity contribution in [2.75, 3.05) is 19.6 Å². The number of nitrogens with one attached hydrogen (secondary N) is 1. The van der Waals surface area contributed by atoms with Gasteiger partial charge in [0.15, 0.2) is 0 Å². The van der Waals surface area contributed by atoms with Crippen molar-refractivity contribution >= 4 is 0 Å². The summed E-state index contributed by atoms with van der Waals surface area (Å²) in [5.74, 6) is 0.835. The first kappa shape index (κ1) is 11.2. The van der Waals surface area contributed by atoms with Gasteiger partial charge in [0.05, 0.1) is 0 Å². The molecule has 1 aromatic carbocycles. The fourth-order valence-electron chi connectivity index (χ4n) is 3.35. The Kier molecular flexibility index (Phi) is 3.17. The smallest absolute Gasteiger partial charge is 0.0355 e. The maximum absolute atomic E-state index is 3.71. The number of hydrogen-bond acceptors (Lipinski definition) is 2. The molecule has 2 heteroatoms. The molecule has 0 bridgehead atoms. The van der Waals surface area contributed by atoms with Crippen molar-refractivity contribution < 1.29 is 0 Å². The van der Waals surface area contributed by atoms with Crippen molar-refractivity contribution in [3.63, 3.8) is 0 Å². The predicted molar refractivity (Wildman–Crippen MR) is 70.9 cm³/mol. The number of hydrogen-bond donors (Lipinski definition) is 1. The molecule has 1 aromatic rings. The highest BCUT2D eigenvalue weighted by atomic mass is 15.1. The molecule has 0 amide bonds. The van der Waals surface area contributed by atoms with Gasteiger partial charge in [0.25, 0.3) is 0 Å². The molecular weight excluding hydrogens is 208 g/mol. The van der Waals surface area contributed by atoms with Crippen LogP contribution < -0.4 is 5.32 Å². The van der Waals surface area contributed by atoms with Crippen molar-refractivity contribution in [1.82, 2.24) is 10.2 Å². The standard InChI is InChI=1S/C15H22N2/c1-2-17-9-7-12(8-10-17)15-14-6-4-3-5-13(14)11-16-15/h3-6,12,15-16H,2,7-11H2,1H3. The Hall–Kier alpha value is -0.860. The van der Waals surface area contributed by atoms with Crippen LogP contribution in [0.4, 0.5) is 0 Å². The van der Waals surface area contributed by atoms with Gasteiger partial charge in [0, 0.05) is 12.6 Å². The van der Waals surface area contributed by atoms with E-state index in [4.69, 9.17) is 0 Å². The van der Waals surface area contributed by atoms with E-state index in [0.29, 0.717) is 6.04 Å². The maximum atomic E-state index is 3.71. The number of likely N-dealkylation sites (tertiary alicyclic amines) is 1. The van der Waals surface area contributed by atoms with Gasteiger partial charge in [-0.15, -0.1) is 0 Å². The Balaban J connectivity index is 1.71. The summed E-state index contributed by atoms with van der Waals surface area (Å²) in [6, 6.07) is 9.53. The molecule has 1 saturated heterocycles. The molecule has 1 unspecified atom stereocenters. The summed E-state index contributed by atoms with van der Waals surface area (Å²) < 4.78 is 0. The lowest BCUT2D eigenvalue weighted by Gasteiger charge is -2.34. The maximum Gasteiger partial charge on any atom is 0.0355 e. The average molecular weight is 230 g/mol. The quantitative estimate of drug-likeness (QED) is 0.840. The molecule has 1 N–H and O–H groups in total. The van der Waals surface area contributed by atoms with Crippen molar-refractivity contribution in [2.45, 2.75) is 32.4 Å². The van der Waals surface area contributed by atoms with Gasteiger partial charge in [-0.3, -0.25) is 0 Å². The first-order valence-corrected chi connectivity index (χ1v) is 6.92. The van der Waals surface area contributed by atoms with Crippen molar-refractivity contribution in [3.8, 4) is 0 Å². The SMILES string of the molecule is CCN1CCC(C2NCc3ccccc32)CC1. The summed E-state index contributed by atoms with van der Waals surface area (Å²) in [6.07, 6.45) is 2.69. The lowest BCUT2D eigenvalue weighted by molar-refractivity contribution is 0.168. The molecule has 0 aliphatic carbocycles. The summed E-state index contributed by atoms with van der Waals surface area (Å²) >= 11 is 0. The number of fused-ring (bicyclic) bond motifs is 1. The molecule has 3 rings (SSSR count). The highest BCUT2D eigenvalue weighted by molar-refractivity contribution is 5.34.